The molecule has 22 heavy (non-hydrogen) atoms. The van der Waals surface area contributed by atoms with Gasteiger partial charge in [-0.25, -0.2) is 14.8 Å². The summed E-state index contributed by atoms with van der Waals surface area (Å²) in [6.07, 6.45) is 3.83. The topological polar surface area (TPSA) is 64.5 Å². The van der Waals surface area contributed by atoms with Gasteiger partial charge >= 0.3 is 6.09 Å². The van der Waals surface area contributed by atoms with E-state index >= 15 is 0 Å². The molecule has 6 heteroatoms. The van der Waals surface area contributed by atoms with E-state index in [2.05, 4.69) is 9.97 Å². The van der Waals surface area contributed by atoms with E-state index < -0.39 is 5.60 Å². The SMILES string of the molecule is CCc1cc(OC2CCCN(C(=O)OC(C)(C)C)C2)ncn1. The van der Waals surface area contributed by atoms with E-state index in [0.29, 0.717) is 19.0 Å². The van der Waals surface area contributed by atoms with Gasteiger partial charge in [0.2, 0.25) is 5.88 Å². The highest BCUT2D eigenvalue weighted by molar-refractivity contribution is 5.68. The maximum absolute atomic E-state index is 12.1. The van der Waals surface area contributed by atoms with Gasteiger partial charge in [-0.2, -0.15) is 0 Å². The molecule has 1 aromatic rings. The van der Waals surface area contributed by atoms with Crippen LogP contribution in [0, 0.1) is 0 Å². The van der Waals surface area contributed by atoms with Crippen molar-refractivity contribution < 1.29 is 14.3 Å². The van der Waals surface area contributed by atoms with Crippen LogP contribution in [0.1, 0.15) is 46.2 Å². The average molecular weight is 307 g/mol. The van der Waals surface area contributed by atoms with Crippen LogP contribution in [-0.4, -0.2) is 45.8 Å². The molecule has 6 nitrogen and oxygen atoms in total. The van der Waals surface area contributed by atoms with Gasteiger partial charge < -0.3 is 14.4 Å². The second kappa shape index (κ2) is 6.94. The van der Waals surface area contributed by atoms with E-state index in [1.165, 1.54) is 6.33 Å². The molecule has 0 bridgehead atoms. The zero-order valence-electron chi connectivity index (χ0n) is 13.8. The number of amides is 1. The lowest BCUT2D eigenvalue weighted by Gasteiger charge is -2.33. The first kappa shape index (κ1) is 16.5. The highest BCUT2D eigenvalue weighted by atomic mass is 16.6. The minimum atomic E-state index is -0.479. The third kappa shape index (κ3) is 4.86. The molecule has 1 unspecified atom stereocenters. The van der Waals surface area contributed by atoms with Gasteiger partial charge in [0, 0.05) is 18.3 Å². The highest BCUT2D eigenvalue weighted by Gasteiger charge is 2.28. The summed E-state index contributed by atoms with van der Waals surface area (Å²) in [5, 5.41) is 0. The summed E-state index contributed by atoms with van der Waals surface area (Å²) in [6.45, 7) is 8.89. The molecule has 0 N–H and O–H groups in total. The Morgan fingerprint density at radius 2 is 2.18 bits per heavy atom. The molecule has 1 atom stereocenters. The average Bonchev–Trinajstić information content (AvgIpc) is 2.46. The van der Waals surface area contributed by atoms with Crippen LogP contribution in [0.25, 0.3) is 0 Å². The standard InChI is InChI=1S/C16H25N3O3/c1-5-12-9-14(18-11-17-12)21-13-7-6-8-19(10-13)15(20)22-16(2,3)4/h9,11,13H,5-8,10H2,1-4H3. The number of carbonyl (C=O) groups excluding carboxylic acids is 1. The van der Waals surface area contributed by atoms with Crippen LogP contribution in [0.4, 0.5) is 4.79 Å². The second-order valence-corrected chi connectivity index (χ2v) is 6.51. The molecule has 0 spiro atoms. The second-order valence-electron chi connectivity index (χ2n) is 6.51. The van der Waals surface area contributed by atoms with Crippen molar-refractivity contribution in [3.8, 4) is 5.88 Å². The molecule has 1 aliphatic rings. The number of carbonyl (C=O) groups is 1. The largest absolute Gasteiger partial charge is 0.472 e. The molecule has 1 amide bonds. The van der Waals surface area contributed by atoms with Crippen LogP contribution in [0.5, 0.6) is 5.88 Å². The first-order valence-corrected chi connectivity index (χ1v) is 7.83. The molecule has 1 saturated heterocycles. The summed E-state index contributed by atoms with van der Waals surface area (Å²) >= 11 is 0. The van der Waals surface area contributed by atoms with Crippen LogP contribution in [0.2, 0.25) is 0 Å². The Bertz CT molecular complexity index is 514. The fraction of sp³-hybridized carbons (Fsp3) is 0.688. The number of piperidine rings is 1. The minimum absolute atomic E-state index is 0.0547. The Balaban J connectivity index is 1.94. The van der Waals surface area contributed by atoms with Gasteiger partial charge in [0.05, 0.1) is 6.54 Å². The van der Waals surface area contributed by atoms with Crippen molar-refractivity contribution in [1.82, 2.24) is 14.9 Å². The lowest BCUT2D eigenvalue weighted by atomic mass is 10.1. The first-order chi connectivity index (χ1) is 10.4. The number of likely N-dealkylation sites (tertiary alicyclic amines) is 1. The van der Waals surface area contributed by atoms with Crippen molar-refractivity contribution in [3.05, 3.63) is 18.1 Å². The number of ether oxygens (including phenoxy) is 2. The van der Waals surface area contributed by atoms with Crippen LogP contribution < -0.4 is 4.74 Å². The summed E-state index contributed by atoms with van der Waals surface area (Å²) in [5.41, 5.74) is 0.470. The summed E-state index contributed by atoms with van der Waals surface area (Å²) < 4.78 is 11.3. The molecule has 0 aromatic carbocycles. The van der Waals surface area contributed by atoms with Crippen molar-refractivity contribution in [1.29, 1.82) is 0 Å². The number of hydrogen-bond donors (Lipinski definition) is 0. The summed E-state index contributed by atoms with van der Waals surface area (Å²) in [6, 6.07) is 1.85. The summed E-state index contributed by atoms with van der Waals surface area (Å²) in [4.78, 5) is 22.1. The van der Waals surface area contributed by atoms with E-state index in [4.69, 9.17) is 9.47 Å². The van der Waals surface area contributed by atoms with Crippen LogP contribution in [0.3, 0.4) is 0 Å². The highest BCUT2D eigenvalue weighted by Crippen LogP contribution is 2.19. The molecule has 0 aliphatic carbocycles. The Morgan fingerprint density at radius 1 is 1.41 bits per heavy atom. The smallest absolute Gasteiger partial charge is 0.410 e. The van der Waals surface area contributed by atoms with Crippen molar-refractivity contribution in [2.75, 3.05) is 13.1 Å². The van der Waals surface area contributed by atoms with Gasteiger partial charge in [-0.1, -0.05) is 6.92 Å². The number of aryl methyl sites for hydroxylation is 1. The molecule has 122 valence electrons. The van der Waals surface area contributed by atoms with Gasteiger partial charge in [-0.05, 0) is 40.0 Å². The lowest BCUT2D eigenvalue weighted by Crippen LogP contribution is -2.46. The van der Waals surface area contributed by atoms with Gasteiger partial charge in [0.15, 0.2) is 0 Å². The molecular weight excluding hydrogens is 282 g/mol. The third-order valence-electron chi connectivity index (χ3n) is 3.38. The van der Waals surface area contributed by atoms with Crippen molar-refractivity contribution >= 4 is 6.09 Å². The van der Waals surface area contributed by atoms with Gasteiger partial charge in [0.1, 0.15) is 18.0 Å². The quantitative estimate of drug-likeness (QED) is 0.859. The van der Waals surface area contributed by atoms with Crippen LogP contribution >= 0.6 is 0 Å². The summed E-state index contributed by atoms with van der Waals surface area (Å²) in [7, 11) is 0. The van der Waals surface area contributed by atoms with Crippen molar-refractivity contribution in [3.63, 3.8) is 0 Å². The maximum atomic E-state index is 12.1. The molecule has 0 saturated carbocycles. The van der Waals surface area contributed by atoms with Crippen molar-refractivity contribution in [2.24, 2.45) is 0 Å². The molecule has 1 aliphatic heterocycles. The zero-order chi connectivity index (χ0) is 16.2. The maximum Gasteiger partial charge on any atom is 0.410 e. The van der Waals surface area contributed by atoms with Gasteiger partial charge in [-0.3, -0.25) is 0 Å². The predicted molar refractivity (Wildman–Crippen MR) is 82.9 cm³/mol. The molecule has 2 rings (SSSR count). The third-order valence-corrected chi connectivity index (χ3v) is 3.38. The Labute approximate surface area is 131 Å². The van der Waals surface area contributed by atoms with Gasteiger partial charge in [0.25, 0.3) is 0 Å². The Kier molecular flexibility index (Phi) is 5.21. The lowest BCUT2D eigenvalue weighted by molar-refractivity contribution is 0.00719. The zero-order valence-corrected chi connectivity index (χ0v) is 13.8. The van der Waals surface area contributed by atoms with Crippen LogP contribution in [-0.2, 0) is 11.2 Å². The summed E-state index contributed by atoms with van der Waals surface area (Å²) in [5.74, 6) is 0.572. The minimum Gasteiger partial charge on any atom is -0.472 e. The predicted octanol–water partition coefficient (Wildman–Crippen LogP) is 2.82. The van der Waals surface area contributed by atoms with E-state index in [1.807, 2.05) is 33.8 Å². The fourth-order valence-corrected chi connectivity index (χ4v) is 2.33. The normalized spacial score (nSPS) is 18.9. The molecule has 0 radical (unpaired) electrons. The number of aromatic nitrogens is 2. The number of hydrogen-bond acceptors (Lipinski definition) is 5. The first-order valence-electron chi connectivity index (χ1n) is 7.83. The van der Waals surface area contributed by atoms with Gasteiger partial charge in [-0.15, -0.1) is 0 Å². The van der Waals surface area contributed by atoms with E-state index in [-0.39, 0.29) is 12.2 Å². The Morgan fingerprint density at radius 3 is 2.86 bits per heavy atom. The fourth-order valence-electron chi connectivity index (χ4n) is 2.33. The molecule has 1 aromatic heterocycles. The number of nitrogens with zero attached hydrogens (tertiary/aromatic N) is 3. The number of rotatable bonds is 3. The Hall–Kier alpha value is -1.85. The molecule has 1 fully saturated rings. The molecular formula is C16H25N3O3. The van der Waals surface area contributed by atoms with E-state index in [9.17, 15) is 4.79 Å². The van der Waals surface area contributed by atoms with Crippen LogP contribution in [0.15, 0.2) is 12.4 Å². The van der Waals surface area contributed by atoms with Crippen molar-refractivity contribution in [2.45, 2.75) is 58.7 Å². The monoisotopic (exact) mass is 307 g/mol. The van der Waals surface area contributed by atoms with E-state index in [0.717, 1.165) is 25.0 Å². The molecule has 2 heterocycles. The van der Waals surface area contributed by atoms with E-state index in [1.54, 1.807) is 4.90 Å².